The van der Waals surface area contributed by atoms with E-state index in [1.54, 1.807) is 12.1 Å². The normalized spacial score (nSPS) is 21.7. The van der Waals surface area contributed by atoms with Gasteiger partial charge in [0.05, 0.1) is 11.6 Å². The lowest BCUT2D eigenvalue weighted by molar-refractivity contribution is 0.0197. The third-order valence-electron chi connectivity index (χ3n) is 6.76. The quantitative estimate of drug-likeness (QED) is 0.405. The van der Waals surface area contributed by atoms with Crippen LogP contribution in [0.2, 0.25) is 0 Å². The Hall–Kier alpha value is -3.16. The van der Waals surface area contributed by atoms with Crippen molar-refractivity contribution in [2.75, 3.05) is 6.54 Å². The smallest absolute Gasteiger partial charge is 0.268 e. The first kappa shape index (κ1) is 20.4. The number of halogens is 1. The summed E-state index contributed by atoms with van der Waals surface area (Å²) < 4.78 is 0.786. The van der Waals surface area contributed by atoms with Gasteiger partial charge >= 0.3 is 0 Å². The van der Waals surface area contributed by atoms with Crippen LogP contribution in [-0.4, -0.2) is 49.6 Å². The van der Waals surface area contributed by atoms with Gasteiger partial charge in [-0.2, -0.15) is 0 Å². The number of fused-ring (bicyclic) bond motifs is 3. The highest BCUT2D eigenvalue weighted by molar-refractivity contribution is 9.10. The molecule has 3 aromatic carbocycles. The predicted molar refractivity (Wildman–Crippen MR) is 131 cm³/mol. The average molecular weight is 503 g/mol. The lowest BCUT2D eigenvalue weighted by Gasteiger charge is -2.28. The van der Waals surface area contributed by atoms with Crippen molar-refractivity contribution in [3.63, 3.8) is 0 Å². The average Bonchev–Trinajstić information content (AvgIpc) is 3.52. The third kappa shape index (κ3) is 3.52. The van der Waals surface area contributed by atoms with Gasteiger partial charge in [0, 0.05) is 28.2 Å². The molecule has 1 aromatic heterocycles. The van der Waals surface area contributed by atoms with Gasteiger partial charge in [0.15, 0.2) is 0 Å². The fourth-order valence-corrected chi connectivity index (χ4v) is 5.77. The molecular weight excluding hydrogens is 480 g/mol. The summed E-state index contributed by atoms with van der Waals surface area (Å²) in [5.41, 5.74) is 4.11. The Balaban J connectivity index is 1.25. The first-order chi connectivity index (χ1) is 16.1. The zero-order valence-electron chi connectivity index (χ0n) is 17.9. The number of phenols is 1. The maximum absolute atomic E-state index is 13.5. The van der Waals surface area contributed by atoms with Gasteiger partial charge in [-0.3, -0.25) is 9.80 Å². The number of H-pyrrole nitrogens is 1. The molecule has 0 spiro atoms. The number of nitrogens with one attached hydrogen (secondary N) is 1. The Kier molecular flexibility index (Phi) is 4.96. The summed E-state index contributed by atoms with van der Waals surface area (Å²) in [6, 6.07) is 22.0. The Morgan fingerprint density at radius 3 is 2.76 bits per heavy atom. The minimum Gasteiger partial charge on any atom is -0.506 e. The zero-order valence-corrected chi connectivity index (χ0v) is 19.5. The number of para-hydroxylation sites is 1. The van der Waals surface area contributed by atoms with Gasteiger partial charge in [0.1, 0.15) is 17.1 Å². The number of hydrogen-bond donors (Lipinski definition) is 2. The zero-order chi connectivity index (χ0) is 22.5. The van der Waals surface area contributed by atoms with Crippen LogP contribution >= 0.6 is 15.9 Å². The number of nitrogens with zero attached hydrogens (tertiary/aromatic N) is 3. The molecule has 2 aliphatic heterocycles. The van der Waals surface area contributed by atoms with Gasteiger partial charge < -0.3 is 10.1 Å². The van der Waals surface area contributed by atoms with Gasteiger partial charge in [0.25, 0.3) is 5.91 Å². The van der Waals surface area contributed by atoms with E-state index in [0.29, 0.717) is 22.9 Å². The molecule has 6 rings (SSSR count). The van der Waals surface area contributed by atoms with Crippen molar-refractivity contribution in [2.24, 2.45) is 0 Å². The van der Waals surface area contributed by atoms with Crippen LogP contribution in [0, 0.1) is 0 Å². The number of carbonyl (C=O) groups is 1. The van der Waals surface area contributed by atoms with Gasteiger partial charge in [0.2, 0.25) is 0 Å². The minimum absolute atomic E-state index is 0.0440. The van der Waals surface area contributed by atoms with Crippen molar-refractivity contribution < 1.29 is 9.90 Å². The Labute approximate surface area is 200 Å². The molecule has 166 valence electrons. The topological polar surface area (TPSA) is 72.5 Å². The van der Waals surface area contributed by atoms with E-state index in [0.717, 1.165) is 41.4 Å². The van der Waals surface area contributed by atoms with Crippen molar-refractivity contribution in [1.82, 2.24) is 20.0 Å². The molecule has 0 saturated carbocycles. The molecule has 2 N–H and O–H groups in total. The van der Waals surface area contributed by atoms with Crippen molar-refractivity contribution in [2.45, 2.75) is 31.3 Å². The fraction of sp³-hybridized carbons (Fsp3) is 0.231. The second-order valence-electron chi connectivity index (χ2n) is 8.79. The van der Waals surface area contributed by atoms with Crippen LogP contribution in [-0.2, 0) is 6.42 Å². The molecule has 2 bridgehead atoms. The number of aromatic hydroxyl groups is 1. The highest BCUT2D eigenvalue weighted by Gasteiger charge is 2.47. The van der Waals surface area contributed by atoms with Gasteiger partial charge in [-0.1, -0.05) is 52.3 Å². The summed E-state index contributed by atoms with van der Waals surface area (Å²) in [4.78, 5) is 21.3. The molecule has 2 aliphatic rings. The van der Waals surface area contributed by atoms with Crippen LogP contribution in [0.1, 0.15) is 28.8 Å². The van der Waals surface area contributed by atoms with Crippen molar-refractivity contribution in [3.05, 3.63) is 82.3 Å². The van der Waals surface area contributed by atoms with Crippen molar-refractivity contribution in [3.8, 4) is 17.1 Å². The van der Waals surface area contributed by atoms with E-state index in [4.69, 9.17) is 0 Å². The largest absolute Gasteiger partial charge is 0.506 e. The third-order valence-corrected chi connectivity index (χ3v) is 7.42. The summed E-state index contributed by atoms with van der Waals surface area (Å²) >= 11 is 3.63. The lowest BCUT2D eigenvalue weighted by atomic mass is 9.97. The van der Waals surface area contributed by atoms with Gasteiger partial charge in [-0.15, -0.1) is 0 Å². The second-order valence-corrected chi connectivity index (χ2v) is 9.64. The number of aromatic nitrogens is 2. The summed E-state index contributed by atoms with van der Waals surface area (Å²) in [5.74, 6) is 0.828. The van der Waals surface area contributed by atoms with Crippen molar-refractivity contribution in [1.29, 1.82) is 0 Å². The van der Waals surface area contributed by atoms with Crippen LogP contribution in [0.25, 0.3) is 22.4 Å². The number of rotatable bonds is 4. The van der Waals surface area contributed by atoms with Crippen LogP contribution in [0.5, 0.6) is 5.75 Å². The predicted octanol–water partition coefficient (Wildman–Crippen LogP) is 5.14. The first-order valence-corrected chi connectivity index (χ1v) is 12.0. The highest BCUT2D eigenvalue weighted by atomic mass is 79.9. The molecule has 7 heteroatoms. The SMILES string of the molecule is O=C(c1ccc(-c2nc3c(O)cccc3[nH]2)c(Br)c1)N1C2CCN1C(Cc1ccccc1)C2. The van der Waals surface area contributed by atoms with Crippen LogP contribution < -0.4 is 0 Å². The molecule has 3 atom stereocenters. The molecule has 3 unspecified atom stereocenters. The van der Waals surface area contributed by atoms with Crippen molar-refractivity contribution >= 4 is 32.9 Å². The number of benzene rings is 3. The number of hydrogen-bond acceptors (Lipinski definition) is 4. The van der Waals surface area contributed by atoms with E-state index in [9.17, 15) is 9.90 Å². The minimum atomic E-state index is 0.0440. The maximum atomic E-state index is 13.5. The first-order valence-electron chi connectivity index (χ1n) is 11.2. The molecule has 0 aliphatic carbocycles. The highest BCUT2D eigenvalue weighted by Crippen LogP contribution is 2.37. The number of aromatic amines is 1. The standard InChI is InChI=1S/C26H23BrN4O2/c27-21-14-17(9-10-20(21)25-28-22-7-4-8-23(32)24(22)29-25)26(33)31-18-11-12-30(31)19(15-18)13-16-5-2-1-3-6-16/h1-10,14,18-19,32H,11-13,15H2,(H,28,29). The Morgan fingerprint density at radius 1 is 1.12 bits per heavy atom. The molecule has 0 radical (unpaired) electrons. The van der Waals surface area contributed by atoms with Crippen LogP contribution in [0.15, 0.2) is 71.2 Å². The van der Waals surface area contributed by atoms with E-state index in [2.05, 4.69) is 55.2 Å². The van der Waals surface area contributed by atoms with Crippen LogP contribution in [0.4, 0.5) is 0 Å². The maximum Gasteiger partial charge on any atom is 0.268 e. The van der Waals surface area contributed by atoms with E-state index < -0.39 is 0 Å². The van der Waals surface area contributed by atoms with E-state index in [-0.39, 0.29) is 17.7 Å². The molecular formula is C26H23BrN4O2. The monoisotopic (exact) mass is 502 g/mol. The molecule has 33 heavy (non-hydrogen) atoms. The number of amides is 1. The molecule has 3 heterocycles. The molecule has 2 saturated heterocycles. The van der Waals surface area contributed by atoms with E-state index in [1.165, 1.54) is 5.56 Å². The fourth-order valence-electron chi connectivity index (χ4n) is 5.21. The van der Waals surface area contributed by atoms with Gasteiger partial charge in [-0.25, -0.2) is 9.99 Å². The molecule has 6 nitrogen and oxygen atoms in total. The Bertz CT molecular complexity index is 1350. The van der Waals surface area contributed by atoms with E-state index in [1.807, 2.05) is 35.3 Å². The lowest BCUT2D eigenvalue weighted by Crippen LogP contribution is -2.42. The number of piperidine rings is 1. The Morgan fingerprint density at radius 2 is 1.97 bits per heavy atom. The molecule has 4 aromatic rings. The summed E-state index contributed by atoms with van der Waals surface area (Å²) in [5, 5.41) is 14.3. The summed E-state index contributed by atoms with van der Waals surface area (Å²) in [6.07, 6.45) is 3.00. The number of phenolic OH excluding ortho intramolecular Hbond substituents is 1. The number of hydrazine groups is 1. The number of carbonyl (C=O) groups excluding carboxylic acids is 1. The van der Waals surface area contributed by atoms with E-state index >= 15 is 0 Å². The molecule has 2 fully saturated rings. The van der Waals surface area contributed by atoms with Crippen LogP contribution in [0.3, 0.4) is 0 Å². The molecule has 1 amide bonds. The summed E-state index contributed by atoms with van der Waals surface area (Å²) in [7, 11) is 0. The number of imidazole rings is 1. The second kappa shape index (κ2) is 8.01. The van der Waals surface area contributed by atoms with Gasteiger partial charge in [-0.05, 0) is 55.2 Å². The summed E-state index contributed by atoms with van der Waals surface area (Å²) in [6.45, 7) is 0.926.